The lowest BCUT2D eigenvalue weighted by atomic mass is 9.78. The summed E-state index contributed by atoms with van der Waals surface area (Å²) in [6.45, 7) is 0. The molecule has 1 saturated carbocycles. The maximum atomic E-state index is 9.21. The van der Waals surface area contributed by atoms with Gasteiger partial charge in [0.05, 0.1) is 6.07 Å². The minimum Gasteiger partial charge on any atom is -0.367 e. The zero-order valence-electron chi connectivity index (χ0n) is 10.6. The molecule has 1 fully saturated rings. The molecular formula is C16H15N3. The van der Waals surface area contributed by atoms with Crippen LogP contribution in [0.3, 0.4) is 0 Å². The Balaban J connectivity index is 1.78. The van der Waals surface area contributed by atoms with E-state index in [1.165, 1.54) is 0 Å². The Labute approximate surface area is 112 Å². The van der Waals surface area contributed by atoms with Gasteiger partial charge in [-0.1, -0.05) is 12.1 Å². The van der Waals surface area contributed by atoms with Gasteiger partial charge in [0.25, 0.3) is 0 Å². The summed E-state index contributed by atoms with van der Waals surface area (Å²) in [5.41, 5.74) is 2.99. The van der Waals surface area contributed by atoms with Crippen molar-refractivity contribution in [2.75, 3.05) is 5.32 Å². The molecule has 1 aromatic carbocycles. The summed E-state index contributed by atoms with van der Waals surface area (Å²) >= 11 is 0. The number of aromatic nitrogens is 1. The molecule has 1 aliphatic rings. The van der Waals surface area contributed by atoms with E-state index in [0.29, 0.717) is 0 Å². The number of nitrogens with zero attached hydrogens (tertiary/aromatic N) is 2. The number of nitriles is 1. The first-order chi connectivity index (χ1) is 9.31. The normalized spacial score (nSPS) is 16.2. The third-order valence-electron chi connectivity index (χ3n) is 3.70. The van der Waals surface area contributed by atoms with E-state index in [2.05, 4.69) is 28.5 Å². The van der Waals surface area contributed by atoms with E-state index < -0.39 is 0 Å². The molecule has 0 amide bonds. The van der Waals surface area contributed by atoms with Gasteiger partial charge in [-0.15, -0.1) is 0 Å². The van der Waals surface area contributed by atoms with Gasteiger partial charge in [-0.25, -0.2) is 0 Å². The molecule has 3 rings (SSSR count). The van der Waals surface area contributed by atoms with Crippen molar-refractivity contribution in [1.82, 2.24) is 4.98 Å². The topological polar surface area (TPSA) is 48.7 Å². The van der Waals surface area contributed by atoms with Gasteiger partial charge in [-0.05, 0) is 54.7 Å². The van der Waals surface area contributed by atoms with Crippen LogP contribution in [0.25, 0.3) is 11.1 Å². The van der Waals surface area contributed by atoms with E-state index >= 15 is 0 Å². The number of benzene rings is 1. The summed E-state index contributed by atoms with van der Waals surface area (Å²) in [4.78, 5) is 4.02. The Morgan fingerprint density at radius 3 is 2.16 bits per heavy atom. The van der Waals surface area contributed by atoms with Crippen LogP contribution in [-0.2, 0) is 0 Å². The highest BCUT2D eigenvalue weighted by molar-refractivity contribution is 5.66. The third-order valence-corrected chi connectivity index (χ3v) is 3.70. The zero-order valence-corrected chi connectivity index (χ0v) is 10.6. The minimum atomic E-state index is -0.335. The molecule has 0 unspecified atom stereocenters. The predicted molar refractivity (Wildman–Crippen MR) is 75.5 cm³/mol. The first-order valence-electron chi connectivity index (χ1n) is 6.51. The average Bonchev–Trinajstić information content (AvgIpc) is 2.45. The van der Waals surface area contributed by atoms with Crippen molar-refractivity contribution in [3.05, 3.63) is 48.8 Å². The van der Waals surface area contributed by atoms with Crippen LogP contribution in [0.1, 0.15) is 19.3 Å². The molecule has 19 heavy (non-hydrogen) atoms. The molecule has 0 spiro atoms. The second kappa shape index (κ2) is 4.74. The zero-order chi connectivity index (χ0) is 13.1. The van der Waals surface area contributed by atoms with Crippen LogP contribution in [0.5, 0.6) is 0 Å². The molecule has 0 saturated heterocycles. The Kier molecular flexibility index (Phi) is 2.92. The van der Waals surface area contributed by atoms with E-state index in [-0.39, 0.29) is 5.54 Å². The maximum Gasteiger partial charge on any atom is 0.125 e. The lowest BCUT2D eigenvalue weighted by Crippen LogP contribution is -2.43. The van der Waals surface area contributed by atoms with Gasteiger partial charge in [-0.3, -0.25) is 4.98 Å². The van der Waals surface area contributed by atoms with Crippen LogP contribution in [0, 0.1) is 11.3 Å². The Morgan fingerprint density at radius 1 is 1.00 bits per heavy atom. The molecule has 1 heterocycles. The quantitative estimate of drug-likeness (QED) is 0.904. The van der Waals surface area contributed by atoms with Crippen molar-refractivity contribution in [3.63, 3.8) is 0 Å². The Bertz CT molecular complexity index is 592. The predicted octanol–water partition coefficient (Wildman–Crippen LogP) is 3.61. The molecule has 94 valence electrons. The fourth-order valence-corrected chi connectivity index (χ4v) is 2.36. The summed E-state index contributed by atoms with van der Waals surface area (Å²) in [5, 5.41) is 12.6. The number of anilines is 1. The molecule has 0 aliphatic heterocycles. The Hall–Kier alpha value is -2.34. The van der Waals surface area contributed by atoms with Gasteiger partial charge in [-0.2, -0.15) is 5.26 Å². The number of rotatable bonds is 3. The van der Waals surface area contributed by atoms with Crippen molar-refractivity contribution in [3.8, 4) is 17.2 Å². The number of hydrogen-bond donors (Lipinski definition) is 1. The fourth-order valence-electron chi connectivity index (χ4n) is 2.36. The summed E-state index contributed by atoms with van der Waals surface area (Å²) in [6, 6.07) is 14.6. The van der Waals surface area contributed by atoms with Gasteiger partial charge >= 0.3 is 0 Å². The molecule has 0 radical (unpaired) electrons. The largest absolute Gasteiger partial charge is 0.367 e. The average molecular weight is 249 g/mol. The van der Waals surface area contributed by atoms with Crippen molar-refractivity contribution in [2.45, 2.75) is 24.8 Å². The smallest absolute Gasteiger partial charge is 0.125 e. The second-order valence-electron chi connectivity index (χ2n) is 4.99. The fraction of sp³-hybridized carbons (Fsp3) is 0.250. The molecular weight excluding hydrogens is 234 g/mol. The number of pyridine rings is 1. The van der Waals surface area contributed by atoms with E-state index in [9.17, 15) is 5.26 Å². The van der Waals surface area contributed by atoms with Crippen LogP contribution in [0.2, 0.25) is 0 Å². The van der Waals surface area contributed by atoms with Crippen LogP contribution < -0.4 is 5.32 Å². The van der Waals surface area contributed by atoms with Crippen molar-refractivity contribution >= 4 is 5.69 Å². The summed E-state index contributed by atoms with van der Waals surface area (Å²) < 4.78 is 0. The molecule has 3 heteroatoms. The second-order valence-corrected chi connectivity index (χ2v) is 4.99. The van der Waals surface area contributed by atoms with E-state index in [4.69, 9.17) is 0 Å². The van der Waals surface area contributed by atoms with Crippen LogP contribution >= 0.6 is 0 Å². The summed E-state index contributed by atoms with van der Waals surface area (Å²) in [7, 11) is 0. The molecule has 2 aromatic rings. The van der Waals surface area contributed by atoms with Gasteiger partial charge in [0.2, 0.25) is 0 Å². The molecule has 1 aliphatic carbocycles. The molecule has 3 nitrogen and oxygen atoms in total. The van der Waals surface area contributed by atoms with Crippen LogP contribution in [0.15, 0.2) is 48.8 Å². The van der Waals surface area contributed by atoms with Gasteiger partial charge in [0, 0.05) is 18.1 Å². The first kappa shape index (κ1) is 11.7. The Morgan fingerprint density at radius 2 is 1.63 bits per heavy atom. The molecule has 1 aromatic heterocycles. The lowest BCUT2D eigenvalue weighted by molar-refractivity contribution is 0.356. The van der Waals surface area contributed by atoms with Gasteiger partial charge < -0.3 is 5.32 Å². The van der Waals surface area contributed by atoms with Gasteiger partial charge in [0.15, 0.2) is 0 Å². The van der Waals surface area contributed by atoms with Crippen LogP contribution in [0.4, 0.5) is 5.69 Å². The van der Waals surface area contributed by atoms with E-state index in [1.807, 2.05) is 24.3 Å². The molecule has 1 N–H and O–H groups in total. The molecule has 0 bridgehead atoms. The van der Waals surface area contributed by atoms with Crippen molar-refractivity contribution < 1.29 is 0 Å². The SMILES string of the molecule is N#CC1(Nc2ccc(-c3ccncc3)cc2)CCC1. The number of nitrogens with one attached hydrogen (secondary N) is 1. The highest BCUT2D eigenvalue weighted by atomic mass is 15.0. The van der Waals surface area contributed by atoms with E-state index in [0.717, 1.165) is 36.1 Å². The number of hydrogen-bond acceptors (Lipinski definition) is 3. The summed E-state index contributed by atoms with van der Waals surface area (Å²) in [5.74, 6) is 0. The third kappa shape index (κ3) is 2.30. The minimum absolute atomic E-state index is 0.335. The van der Waals surface area contributed by atoms with Gasteiger partial charge in [0.1, 0.15) is 5.54 Å². The maximum absolute atomic E-state index is 9.21. The molecule has 0 atom stereocenters. The lowest BCUT2D eigenvalue weighted by Gasteiger charge is -2.36. The first-order valence-corrected chi connectivity index (χ1v) is 6.51. The van der Waals surface area contributed by atoms with Crippen LogP contribution in [-0.4, -0.2) is 10.5 Å². The standard InChI is InChI=1S/C16H15N3/c17-12-16(8-1-9-16)19-15-4-2-13(3-5-15)14-6-10-18-11-7-14/h2-7,10-11,19H,1,8-9H2. The highest BCUT2D eigenvalue weighted by Gasteiger charge is 2.36. The highest BCUT2D eigenvalue weighted by Crippen LogP contribution is 2.35. The summed E-state index contributed by atoms with van der Waals surface area (Å²) in [6.07, 6.45) is 6.60. The monoisotopic (exact) mass is 249 g/mol. The van der Waals surface area contributed by atoms with Crippen molar-refractivity contribution in [1.29, 1.82) is 5.26 Å². The van der Waals surface area contributed by atoms with Crippen molar-refractivity contribution in [2.24, 2.45) is 0 Å². The van der Waals surface area contributed by atoms with E-state index in [1.54, 1.807) is 12.4 Å².